The predicted octanol–water partition coefficient (Wildman–Crippen LogP) is 3.13. The Bertz CT molecular complexity index is 526. The van der Waals surface area contributed by atoms with Crippen LogP contribution in [-0.2, 0) is 11.2 Å². The van der Waals surface area contributed by atoms with Gasteiger partial charge in [-0.1, -0.05) is 18.2 Å². The molecular formula is C15H14INO2. The molecule has 0 radical (unpaired) electrons. The first-order chi connectivity index (χ1) is 9.25. The van der Waals surface area contributed by atoms with Gasteiger partial charge in [0.05, 0.1) is 6.61 Å². The van der Waals surface area contributed by atoms with E-state index in [0.717, 1.165) is 15.7 Å². The van der Waals surface area contributed by atoms with Crippen LogP contribution in [0.25, 0.3) is 0 Å². The van der Waals surface area contributed by atoms with Gasteiger partial charge in [-0.15, -0.1) is 0 Å². The lowest BCUT2D eigenvalue weighted by atomic mass is 10.1. The van der Waals surface area contributed by atoms with Crippen molar-refractivity contribution in [1.82, 2.24) is 4.98 Å². The molecule has 98 valence electrons. The molecule has 0 bridgehead atoms. The molecule has 4 heteroatoms. The van der Waals surface area contributed by atoms with E-state index in [2.05, 4.69) is 27.6 Å². The van der Waals surface area contributed by atoms with E-state index in [9.17, 15) is 4.79 Å². The third-order valence-corrected chi connectivity index (χ3v) is 3.35. The first-order valence-corrected chi connectivity index (χ1v) is 7.10. The van der Waals surface area contributed by atoms with Gasteiger partial charge < -0.3 is 4.74 Å². The zero-order valence-corrected chi connectivity index (χ0v) is 12.5. The second-order valence-corrected chi connectivity index (χ2v) is 5.30. The standard InChI is InChI=1S/C15H14INO2/c16-13-6-4-12(5-7-13)15(18)11-19-10-8-14-3-1-2-9-17-14/h1-7,9H,8,10-11H2. The van der Waals surface area contributed by atoms with Gasteiger partial charge in [-0.25, -0.2) is 0 Å². The van der Waals surface area contributed by atoms with E-state index >= 15 is 0 Å². The van der Waals surface area contributed by atoms with Crippen LogP contribution in [-0.4, -0.2) is 24.0 Å². The number of pyridine rings is 1. The molecule has 1 heterocycles. The molecule has 2 rings (SSSR count). The summed E-state index contributed by atoms with van der Waals surface area (Å²) < 4.78 is 6.51. The van der Waals surface area contributed by atoms with E-state index in [1.54, 1.807) is 6.20 Å². The van der Waals surface area contributed by atoms with Crippen LogP contribution in [0.3, 0.4) is 0 Å². The van der Waals surface area contributed by atoms with Gasteiger partial charge in [0.15, 0.2) is 5.78 Å². The maximum absolute atomic E-state index is 11.8. The highest BCUT2D eigenvalue weighted by atomic mass is 127. The number of nitrogens with zero attached hydrogens (tertiary/aromatic N) is 1. The number of hydrogen-bond acceptors (Lipinski definition) is 3. The van der Waals surface area contributed by atoms with Crippen LogP contribution in [0.5, 0.6) is 0 Å². The number of ketones is 1. The summed E-state index contributed by atoms with van der Waals surface area (Å²) in [6, 6.07) is 13.3. The Balaban J connectivity index is 1.74. The summed E-state index contributed by atoms with van der Waals surface area (Å²) in [5.41, 5.74) is 1.67. The van der Waals surface area contributed by atoms with Crippen molar-refractivity contribution >= 4 is 28.4 Å². The Labute approximate surface area is 126 Å². The lowest BCUT2D eigenvalue weighted by Crippen LogP contribution is -2.11. The summed E-state index contributed by atoms with van der Waals surface area (Å²) >= 11 is 2.21. The molecule has 3 nitrogen and oxygen atoms in total. The average molecular weight is 367 g/mol. The summed E-state index contributed by atoms with van der Waals surface area (Å²) in [5, 5.41) is 0. The van der Waals surface area contributed by atoms with Gasteiger partial charge in [0.2, 0.25) is 0 Å². The fraction of sp³-hybridized carbons (Fsp3) is 0.200. The highest BCUT2D eigenvalue weighted by Crippen LogP contribution is 2.07. The Morgan fingerprint density at radius 1 is 1.16 bits per heavy atom. The van der Waals surface area contributed by atoms with Gasteiger partial charge in [0.1, 0.15) is 6.61 Å². The zero-order chi connectivity index (χ0) is 13.5. The maximum Gasteiger partial charge on any atom is 0.188 e. The second kappa shape index (κ2) is 7.35. The minimum atomic E-state index is 0.0115. The molecule has 19 heavy (non-hydrogen) atoms. The molecule has 0 aliphatic rings. The summed E-state index contributed by atoms with van der Waals surface area (Å²) in [6.07, 6.45) is 2.48. The number of ether oxygens (including phenoxy) is 1. The van der Waals surface area contributed by atoms with Crippen LogP contribution in [0, 0.1) is 3.57 Å². The van der Waals surface area contributed by atoms with Crippen LogP contribution in [0.15, 0.2) is 48.7 Å². The Kier molecular flexibility index (Phi) is 5.47. The zero-order valence-electron chi connectivity index (χ0n) is 10.4. The molecule has 1 aromatic carbocycles. The molecule has 0 spiro atoms. The summed E-state index contributed by atoms with van der Waals surface area (Å²) in [6.45, 7) is 0.626. The molecule has 0 N–H and O–H groups in total. The monoisotopic (exact) mass is 367 g/mol. The van der Waals surface area contributed by atoms with Crippen molar-refractivity contribution in [2.75, 3.05) is 13.2 Å². The molecular weight excluding hydrogens is 353 g/mol. The molecule has 0 unspecified atom stereocenters. The van der Waals surface area contributed by atoms with E-state index in [-0.39, 0.29) is 12.4 Å². The van der Waals surface area contributed by atoms with Crippen LogP contribution < -0.4 is 0 Å². The largest absolute Gasteiger partial charge is 0.373 e. The van der Waals surface area contributed by atoms with Crippen molar-refractivity contribution < 1.29 is 9.53 Å². The Morgan fingerprint density at radius 2 is 1.95 bits per heavy atom. The van der Waals surface area contributed by atoms with Crippen molar-refractivity contribution in [3.63, 3.8) is 0 Å². The van der Waals surface area contributed by atoms with Crippen LogP contribution in [0.1, 0.15) is 16.1 Å². The van der Waals surface area contributed by atoms with Crippen molar-refractivity contribution in [3.8, 4) is 0 Å². The highest BCUT2D eigenvalue weighted by molar-refractivity contribution is 14.1. The number of aromatic nitrogens is 1. The molecule has 0 saturated carbocycles. The fourth-order valence-electron chi connectivity index (χ4n) is 1.61. The molecule has 0 aliphatic heterocycles. The summed E-state index contributed by atoms with van der Waals surface area (Å²) in [7, 11) is 0. The number of rotatable bonds is 6. The predicted molar refractivity (Wildman–Crippen MR) is 82.2 cm³/mol. The van der Waals surface area contributed by atoms with Crippen LogP contribution >= 0.6 is 22.6 Å². The normalized spacial score (nSPS) is 10.4. The molecule has 0 fully saturated rings. The topological polar surface area (TPSA) is 39.2 Å². The quantitative estimate of drug-likeness (QED) is 0.448. The SMILES string of the molecule is O=C(COCCc1ccccn1)c1ccc(I)cc1. The molecule has 2 aromatic rings. The Morgan fingerprint density at radius 3 is 2.63 bits per heavy atom. The van der Waals surface area contributed by atoms with Gasteiger partial charge in [-0.05, 0) is 46.9 Å². The van der Waals surface area contributed by atoms with E-state index in [4.69, 9.17) is 4.74 Å². The van der Waals surface area contributed by atoms with Gasteiger partial charge >= 0.3 is 0 Å². The lowest BCUT2D eigenvalue weighted by molar-refractivity contribution is 0.0764. The first kappa shape index (κ1) is 14.1. The van der Waals surface area contributed by atoms with E-state index < -0.39 is 0 Å². The minimum Gasteiger partial charge on any atom is -0.373 e. The number of benzene rings is 1. The smallest absolute Gasteiger partial charge is 0.188 e. The number of carbonyl (C=O) groups is 1. The van der Waals surface area contributed by atoms with Crippen LogP contribution in [0.4, 0.5) is 0 Å². The molecule has 0 atom stereocenters. The fourth-order valence-corrected chi connectivity index (χ4v) is 1.97. The first-order valence-electron chi connectivity index (χ1n) is 6.02. The molecule has 1 aromatic heterocycles. The number of carbonyl (C=O) groups excluding carboxylic acids is 1. The number of Topliss-reactive ketones (excluding diaryl/α,β-unsaturated/α-hetero) is 1. The lowest BCUT2D eigenvalue weighted by Gasteiger charge is -2.04. The number of halogens is 1. The van der Waals surface area contributed by atoms with Crippen molar-refractivity contribution in [3.05, 3.63) is 63.5 Å². The maximum atomic E-state index is 11.8. The minimum absolute atomic E-state index is 0.0115. The van der Waals surface area contributed by atoms with Crippen molar-refractivity contribution in [1.29, 1.82) is 0 Å². The summed E-state index contributed by atoms with van der Waals surface area (Å²) in [5.74, 6) is 0.0115. The third-order valence-electron chi connectivity index (χ3n) is 2.63. The Hall–Kier alpha value is -1.27. The van der Waals surface area contributed by atoms with E-state index in [1.165, 1.54) is 0 Å². The molecule has 0 saturated heterocycles. The summed E-state index contributed by atoms with van der Waals surface area (Å²) in [4.78, 5) is 16.0. The second-order valence-electron chi connectivity index (χ2n) is 4.05. The van der Waals surface area contributed by atoms with E-state index in [0.29, 0.717) is 12.2 Å². The van der Waals surface area contributed by atoms with Gasteiger partial charge in [0.25, 0.3) is 0 Å². The van der Waals surface area contributed by atoms with Gasteiger partial charge in [-0.3, -0.25) is 9.78 Å². The average Bonchev–Trinajstić information content (AvgIpc) is 2.45. The third kappa shape index (κ3) is 4.72. The van der Waals surface area contributed by atoms with Crippen molar-refractivity contribution in [2.45, 2.75) is 6.42 Å². The van der Waals surface area contributed by atoms with Crippen molar-refractivity contribution in [2.24, 2.45) is 0 Å². The van der Waals surface area contributed by atoms with E-state index in [1.807, 2.05) is 42.5 Å². The van der Waals surface area contributed by atoms with Crippen LogP contribution in [0.2, 0.25) is 0 Å². The molecule has 0 amide bonds. The van der Waals surface area contributed by atoms with Gasteiger partial charge in [0, 0.05) is 27.4 Å². The van der Waals surface area contributed by atoms with Gasteiger partial charge in [-0.2, -0.15) is 0 Å². The highest BCUT2D eigenvalue weighted by Gasteiger charge is 2.05. The number of hydrogen-bond donors (Lipinski definition) is 0. The molecule has 0 aliphatic carbocycles.